The van der Waals surface area contributed by atoms with Gasteiger partial charge in [0.05, 0.1) is 5.92 Å². The van der Waals surface area contributed by atoms with E-state index in [1.165, 1.54) is 38.5 Å². The fourth-order valence-electron chi connectivity index (χ4n) is 6.29. The number of hydrogen-bond acceptors (Lipinski definition) is 1. The summed E-state index contributed by atoms with van der Waals surface area (Å²) in [5.41, 5.74) is 1.66. The van der Waals surface area contributed by atoms with Crippen LogP contribution in [-0.2, 0) is 11.2 Å². The largest absolute Gasteiger partial charge is 0.481 e. The van der Waals surface area contributed by atoms with Crippen LogP contribution < -0.4 is 0 Å². The third kappa shape index (κ3) is 3.18. The van der Waals surface area contributed by atoms with Gasteiger partial charge in [-0.1, -0.05) is 30.3 Å². The van der Waals surface area contributed by atoms with Crippen LogP contribution in [-0.4, -0.2) is 11.1 Å². The number of hydrogen-bond donors (Lipinski definition) is 1. The molecule has 1 aromatic rings. The third-order valence-corrected chi connectivity index (χ3v) is 6.86. The van der Waals surface area contributed by atoms with Crippen LogP contribution in [0.5, 0.6) is 0 Å². The Labute approximate surface area is 139 Å². The van der Waals surface area contributed by atoms with E-state index in [1.54, 1.807) is 0 Å². The second kappa shape index (κ2) is 5.96. The molecule has 0 radical (unpaired) electrons. The Morgan fingerprint density at radius 2 is 1.61 bits per heavy atom. The first-order valence-electron chi connectivity index (χ1n) is 9.39. The van der Waals surface area contributed by atoms with Crippen LogP contribution in [0.3, 0.4) is 0 Å². The smallest absolute Gasteiger partial charge is 0.306 e. The summed E-state index contributed by atoms with van der Waals surface area (Å²) in [6.07, 6.45) is 11.2. The lowest BCUT2D eigenvalue weighted by Gasteiger charge is -2.57. The molecule has 4 fully saturated rings. The molecule has 4 aliphatic carbocycles. The standard InChI is InChI=1S/C21H28O2/c22-20(23)19(11-15-4-2-1-3-5-15)6-7-21-12-16-8-17(13-21)10-18(9-16)14-21/h1-5,16-19H,6-14H2,(H,22,23). The molecule has 2 heteroatoms. The van der Waals surface area contributed by atoms with Crippen molar-refractivity contribution in [3.63, 3.8) is 0 Å². The van der Waals surface area contributed by atoms with Gasteiger partial charge in [-0.15, -0.1) is 0 Å². The molecule has 0 aromatic heterocycles. The minimum atomic E-state index is -0.612. The molecule has 23 heavy (non-hydrogen) atoms. The van der Waals surface area contributed by atoms with E-state index in [0.717, 1.165) is 36.2 Å². The van der Waals surface area contributed by atoms with Gasteiger partial charge in [0.2, 0.25) is 0 Å². The van der Waals surface area contributed by atoms with Gasteiger partial charge in [-0.3, -0.25) is 4.79 Å². The topological polar surface area (TPSA) is 37.3 Å². The maximum absolute atomic E-state index is 11.7. The fourth-order valence-corrected chi connectivity index (χ4v) is 6.29. The minimum Gasteiger partial charge on any atom is -0.481 e. The molecular formula is C21H28O2. The highest BCUT2D eigenvalue weighted by Gasteiger charge is 2.50. The Hall–Kier alpha value is -1.31. The maximum atomic E-state index is 11.7. The van der Waals surface area contributed by atoms with Crippen molar-refractivity contribution >= 4 is 5.97 Å². The van der Waals surface area contributed by atoms with E-state index in [-0.39, 0.29) is 5.92 Å². The quantitative estimate of drug-likeness (QED) is 0.809. The molecule has 1 atom stereocenters. The summed E-state index contributed by atoms with van der Waals surface area (Å²) in [4.78, 5) is 11.7. The summed E-state index contributed by atoms with van der Waals surface area (Å²) in [5, 5.41) is 9.65. The van der Waals surface area contributed by atoms with Gasteiger partial charge < -0.3 is 5.11 Å². The first-order valence-corrected chi connectivity index (χ1v) is 9.39. The number of carboxylic acid groups (broad SMARTS) is 1. The molecule has 0 spiro atoms. The second-order valence-corrected chi connectivity index (χ2v) is 8.68. The first-order chi connectivity index (χ1) is 11.1. The number of rotatable bonds is 6. The van der Waals surface area contributed by atoms with E-state index < -0.39 is 5.97 Å². The Morgan fingerprint density at radius 1 is 1.04 bits per heavy atom. The lowest BCUT2D eigenvalue weighted by atomic mass is 9.48. The summed E-state index contributed by atoms with van der Waals surface area (Å²) in [5.74, 6) is 2.04. The summed E-state index contributed by atoms with van der Waals surface area (Å²) in [6, 6.07) is 10.1. The van der Waals surface area contributed by atoms with Crippen molar-refractivity contribution in [2.75, 3.05) is 0 Å². The van der Waals surface area contributed by atoms with E-state index >= 15 is 0 Å². The summed E-state index contributed by atoms with van der Waals surface area (Å²) in [6.45, 7) is 0. The van der Waals surface area contributed by atoms with Crippen molar-refractivity contribution in [3.8, 4) is 0 Å². The van der Waals surface area contributed by atoms with E-state index in [1.807, 2.05) is 18.2 Å². The SMILES string of the molecule is O=C(O)C(CCC12CC3CC(CC(C3)C1)C2)Cc1ccccc1. The molecule has 0 saturated heterocycles. The summed E-state index contributed by atoms with van der Waals surface area (Å²) in [7, 11) is 0. The Bertz CT molecular complexity index is 527. The molecule has 1 aromatic carbocycles. The zero-order chi connectivity index (χ0) is 15.9. The van der Waals surface area contributed by atoms with Gasteiger partial charge in [0, 0.05) is 0 Å². The fraction of sp³-hybridized carbons (Fsp3) is 0.667. The van der Waals surface area contributed by atoms with Crippen LogP contribution in [0.4, 0.5) is 0 Å². The summed E-state index contributed by atoms with van der Waals surface area (Å²) >= 11 is 0. The Morgan fingerprint density at radius 3 is 2.13 bits per heavy atom. The molecule has 1 unspecified atom stereocenters. The molecule has 5 rings (SSSR count). The van der Waals surface area contributed by atoms with Crippen molar-refractivity contribution in [1.29, 1.82) is 0 Å². The van der Waals surface area contributed by atoms with Crippen LogP contribution >= 0.6 is 0 Å². The van der Waals surface area contributed by atoms with Gasteiger partial charge in [0.15, 0.2) is 0 Å². The highest BCUT2D eigenvalue weighted by atomic mass is 16.4. The average Bonchev–Trinajstić information content (AvgIpc) is 2.51. The van der Waals surface area contributed by atoms with Crippen LogP contribution in [0.1, 0.15) is 56.9 Å². The predicted octanol–water partition coefficient (Wildman–Crippen LogP) is 4.93. The van der Waals surface area contributed by atoms with Crippen LogP contribution in [0, 0.1) is 29.1 Å². The number of carbonyl (C=O) groups is 1. The Kier molecular flexibility index (Phi) is 3.95. The van der Waals surface area contributed by atoms with E-state index in [4.69, 9.17) is 0 Å². The third-order valence-electron chi connectivity index (χ3n) is 6.86. The number of aliphatic carboxylic acids is 1. The zero-order valence-electron chi connectivity index (χ0n) is 13.9. The molecule has 1 N–H and O–H groups in total. The highest BCUT2D eigenvalue weighted by Crippen LogP contribution is 2.61. The van der Waals surface area contributed by atoms with Crippen LogP contribution in [0.15, 0.2) is 30.3 Å². The first kappa shape index (κ1) is 15.2. The van der Waals surface area contributed by atoms with Crippen LogP contribution in [0.25, 0.3) is 0 Å². The van der Waals surface area contributed by atoms with E-state index in [9.17, 15) is 9.90 Å². The molecule has 124 valence electrons. The lowest BCUT2D eigenvalue weighted by molar-refractivity contribution is -0.142. The van der Waals surface area contributed by atoms with Crippen molar-refractivity contribution in [2.45, 2.75) is 57.8 Å². The number of carboxylic acids is 1. The van der Waals surface area contributed by atoms with Crippen LogP contribution in [0.2, 0.25) is 0 Å². The van der Waals surface area contributed by atoms with Crippen molar-refractivity contribution in [2.24, 2.45) is 29.1 Å². The van der Waals surface area contributed by atoms with Gasteiger partial charge in [0.1, 0.15) is 0 Å². The molecule has 4 aliphatic rings. The average molecular weight is 312 g/mol. The molecule has 4 saturated carbocycles. The van der Waals surface area contributed by atoms with E-state index in [0.29, 0.717) is 11.8 Å². The normalized spacial score (nSPS) is 36.1. The monoisotopic (exact) mass is 312 g/mol. The second-order valence-electron chi connectivity index (χ2n) is 8.68. The highest BCUT2D eigenvalue weighted by molar-refractivity contribution is 5.70. The Balaban J connectivity index is 1.41. The van der Waals surface area contributed by atoms with Gasteiger partial charge >= 0.3 is 5.97 Å². The van der Waals surface area contributed by atoms with Crippen molar-refractivity contribution in [3.05, 3.63) is 35.9 Å². The lowest BCUT2D eigenvalue weighted by Crippen LogP contribution is -2.46. The van der Waals surface area contributed by atoms with Gasteiger partial charge in [0.25, 0.3) is 0 Å². The van der Waals surface area contributed by atoms with Gasteiger partial charge in [-0.05, 0) is 86.5 Å². The van der Waals surface area contributed by atoms with Gasteiger partial charge in [-0.25, -0.2) is 0 Å². The molecule has 2 nitrogen and oxygen atoms in total. The van der Waals surface area contributed by atoms with Crippen molar-refractivity contribution < 1.29 is 9.90 Å². The molecule has 4 bridgehead atoms. The van der Waals surface area contributed by atoms with Gasteiger partial charge in [-0.2, -0.15) is 0 Å². The van der Waals surface area contributed by atoms with E-state index in [2.05, 4.69) is 12.1 Å². The number of benzene rings is 1. The minimum absolute atomic E-state index is 0.217. The van der Waals surface area contributed by atoms with Crippen molar-refractivity contribution in [1.82, 2.24) is 0 Å². The molecule has 0 amide bonds. The summed E-state index contributed by atoms with van der Waals surface area (Å²) < 4.78 is 0. The molecular weight excluding hydrogens is 284 g/mol. The molecule has 0 heterocycles. The maximum Gasteiger partial charge on any atom is 0.306 e. The predicted molar refractivity (Wildman–Crippen MR) is 91.1 cm³/mol. The molecule has 0 aliphatic heterocycles. The zero-order valence-corrected chi connectivity index (χ0v) is 13.9.